The summed E-state index contributed by atoms with van der Waals surface area (Å²) in [7, 11) is 7.28. The number of rotatable bonds is 10. The first-order chi connectivity index (χ1) is 23.3. The first-order valence-electron chi connectivity index (χ1n) is 18.4. The molecule has 0 aliphatic carbocycles. The van der Waals surface area contributed by atoms with Gasteiger partial charge in [-0.25, -0.2) is 0 Å². The van der Waals surface area contributed by atoms with Gasteiger partial charge in [-0.15, -0.1) is 0 Å². The molecule has 2 amide bonds. The number of carbonyl (C=O) groups is 2. The maximum Gasteiger partial charge on any atom is 0.225 e. The van der Waals surface area contributed by atoms with Gasteiger partial charge in [0.25, 0.3) is 0 Å². The van der Waals surface area contributed by atoms with Crippen molar-refractivity contribution in [2.24, 2.45) is 23.5 Å². The SMILES string of the molecule is CO[C@]1(C)C[C@H](O[C@H]2[C@H](C)[C@@H](O[C@@H]3O[C@H](C)C[C@H](N(C)C)[C@H]3OCCCN)[C@](C)(O)C[C@@H](C)CN(C)C(=O)CCNC(=O)[C@@H]2C)O[C@@H](C)[C@@H]1O. The second-order valence-electron chi connectivity index (χ2n) is 15.8. The molecule has 292 valence electrons. The number of amides is 2. The summed E-state index contributed by atoms with van der Waals surface area (Å²) < 4.78 is 38.5. The number of nitrogens with two attached hydrogens (primary N) is 1. The number of carbonyl (C=O) groups excluding carboxylic acids is 2. The van der Waals surface area contributed by atoms with E-state index < -0.39 is 66.1 Å². The van der Waals surface area contributed by atoms with Crippen LogP contribution < -0.4 is 11.1 Å². The molecule has 14 heteroatoms. The lowest BCUT2D eigenvalue weighted by Crippen LogP contribution is -2.61. The summed E-state index contributed by atoms with van der Waals surface area (Å²) >= 11 is 0. The van der Waals surface area contributed by atoms with E-state index in [4.69, 9.17) is 34.2 Å². The highest BCUT2D eigenvalue weighted by Crippen LogP contribution is 2.39. The Hall–Kier alpha value is -1.46. The Kier molecular flexibility index (Phi) is 15.9. The van der Waals surface area contributed by atoms with Gasteiger partial charge in [-0.05, 0) is 73.5 Å². The quantitative estimate of drug-likeness (QED) is 0.240. The van der Waals surface area contributed by atoms with E-state index in [2.05, 4.69) is 10.2 Å². The van der Waals surface area contributed by atoms with Crippen LogP contribution in [0.15, 0.2) is 0 Å². The summed E-state index contributed by atoms with van der Waals surface area (Å²) in [5, 5.41) is 26.3. The van der Waals surface area contributed by atoms with Crippen LogP contribution in [0.5, 0.6) is 0 Å². The Morgan fingerprint density at radius 2 is 1.74 bits per heavy atom. The molecule has 0 saturated carbocycles. The minimum atomic E-state index is -1.47. The van der Waals surface area contributed by atoms with Gasteiger partial charge in [0.1, 0.15) is 12.2 Å². The fourth-order valence-corrected chi connectivity index (χ4v) is 7.99. The molecule has 14 nitrogen and oxygen atoms in total. The van der Waals surface area contributed by atoms with E-state index in [1.807, 2.05) is 34.9 Å². The lowest BCUT2D eigenvalue weighted by molar-refractivity contribution is -0.320. The highest BCUT2D eigenvalue weighted by molar-refractivity contribution is 5.80. The molecule has 0 aromatic rings. The summed E-state index contributed by atoms with van der Waals surface area (Å²) in [6.45, 7) is 14.4. The zero-order chi connectivity index (χ0) is 37.6. The van der Waals surface area contributed by atoms with Gasteiger partial charge >= 0.3 is 0 Å². The fraction of sp³-hybridized carbons (Fsp3) is 0.944. The molecule has 0 aromatic carbocycles. The molecule has 3 saturated heterocycles. The number of likely N-dealkylation sites (N-methyl/N-ethyl adjacent to an activating group) is 1. The van der Waals surface area contributed by atoms with Crippen LogP contribution in [0.2, 0.25) is 0 Å². The van der Waals surface area contributed by atoms with Gasteiger partial charge in [-0.1, -0.05) is 20.8 Å². The van der Waals surface area contributed by atoms with Gasteiger partial charge in [0.05, 0.1) is 41.5 Å². The van der Waals surface area contributed by atoms with E-state index in [9.17, 15) is 19.8 Å². The summed E-state index contributed by atoms with van der Waals surface area (Å²) in [5.41, 5.74) is 3.38. The average Bonchev–Trinajstić information content (AvgIpc) is 3.03. The minimum absolute atomic E-state index is 0.0362. The summed E-state index contributed by atoms with van der Waals surface area (Å²) in [5.74, 6) is -1.86. The lowest BCUT2D eigenvalue weighted by atomic mass is 9.77. The molecule has 3 aliphatic rings. The Morgan fingerprint density at radius 3 is 2.36 bits per heavy atom. The summed E-state index contributed by atoms with van der Waals surface area (Å²) in [6.07, 6.45) is -3.58. The largest absolute Gasteiger partial charge is 0.387 e. The van der Waals surface area contributed by atoms with Gasteiger partial charge < -0.3 is 59.5 Å². The smallest absolute Gasteiger partial charge is 0.225 e. The standard InChI is InChI=1S/C36H68N4O10/c1-21-18-35(6,44)32(50-34-30(46-16-12-14-37)26(39(8)9)17-22(2)47-34)23(3)29(24(4)33(43)38-15-13-27(41)40(10)20-21)49-28-19-36(7,45-11)31(42)25(5)48-28/h21-26,28-32,34,42,44H,12-20,37H2,1-11H3,(H,38,43)/t21-,22-,23+,24-,25+,26+,28+,29+,30-,31+,32-,34+,35-,36-/m1/s1. The van der Waals surface area contributed by atoms with Gasteiger partial charge in [-0.2, -0.15) is 0 Å². The van der Waals surface area contributed by atoms with Crippen LogP contribution in [-0.4, -0.2) is 153 Å². The van der Waals surface area contributed by atoms with E-state index in [-0.39, 0.29) is 55.7 Å². The normalized spacial score (nSPS) is 43.1. The van der Waals surface area contributed by atoms with Crippen molar-refractivity contribution in [2.75, 3.05) is 54.5 Å². The number of hydrogen-bond donors (Lipinski definition) is 4. The molecule has 0 unspecified atom stereocenters. The second kappa shape index (κ2) is 18.5. The molecule has 3 fully saturated rings. The molecule has 3 aliphatic heterocycles. The number of nitrogens with one attached hydrogen (secondary N) is 1. The second-order valence-corrected chi connectivity index (χ2v) is 15.8. The maximum absolute atomic E-state index is 13.8. The highest BCUT2D eigenvalue weighted by atomic mass is 16.7. The zero-order valence-corrected chi connectivity index (χ0v) is 32.4. The zero-order valence-electron chi connectivity index (χ0n) is 32.4. The number of hydrogen-bond acceptors (Lipinski definition) is 12. The predicted molar refractivity (Wildman–Crippen MR) is 188 cm³/mol. The molecule has 0 aromatic heterocycles. The first-order valence-corrected chi connectivity index (χ1v) is 18.4. The van der Waals surface area contributed by atoms with Gasteiger partial charge in [-0.3, -0.25) is 9.59 Å². The third-order valence-corrected chi connectivity index (χ3v) is 10.9. The molecule has 3 heterocycles. The average molecular weight is 717 g/mol. The third kappa shape index (κ3) is 10.8. The molecular formula is C36H68N4O10. The van der Waals surface area contributed by atoms with E-state index in [1.165, 1.54) is 7.11 Å². The molecule has 0 spiro atoms. The van der Waals surface area contributed by atoms with E-state index in [0.717, 1.165) is 6.42 Å². The number of nitrogens with zero attached hydrogens (tertiary/aromatic N) is 2. The van der Waals surface area contributed by atoms with E-state index >= 15 is 0 Å². The van der Waals surface area contributed by atoms with E-state index in [0.29, 0.717) is 26.1 Å². The third-order valence-electron chi connectivity index (χ3n) is 10.9. The summed E-state index contributed by atoms with van der Waals surface area (Å²) in [6, 6.07) is -0.0362. The van der Waals surface area contributed by atoms with Crippen LogP contribution in [0, 0.1) is 17.8 Å². The van der Waals surface area contributed by atoms with Crippen molar-refractivity contribution in [2.45, 2.75) is 147 Å². The highest BCUT2D eigenvalue weighted by Gasteiger charge is 2.51. The Labute approximate surface area is 299 Å². The van der Waals surface area contributed by atoms with Crippen molar-refractivity contribution < 1.29 is 48.2 Å². The Morgan fingerprint density at radius 1 is 1.06 bits per heavy atom. The molecule has 0 bridgehead atoms. The van der Waals surface area contributed by atoms with Gasteiger partial charge in [0, 0.05) is 58.7 Å². The molecule has 14 atom stereocenters. The number of aliphatic hydroxyl groups is 2. The van der Waals surface area contributed by atoms with Crippen molar-refractivity contribution in [1.82, 2.24) is 15.1 Å². The molecule has 5 N–H and O–H groups in total. The fourth-order valence-electron chi connectivity index (χ4n) is 7.99. The topological polar surface area (TPSA) is 175 Å². The molecule has 0 radical (unpaired) electrons. The van der Waals surface area contributed by atoms with Crippen LogP contribution in [-0.2, 0) is 38.0 Å². The van der Waals surface area contributed by atoms with Crippen molar-refractivity contribution in [3.05, 3.63) is 0 Å². The van der Waals surface area contributed by atoms with Crippen LogP contribution in [0.25, 0.3) is 0 Å². The predicted octanol–water partition coefficient (Wildman–Crippen LogP) is 1.48. The summed E-state index contributed by atoms with van der Waals surface area (Å²) in [4.78, 5) is 30.5. The number of ether oxygens (including phenoxy) is 6. The molecule has 3 rings (SSSR count). The van der Waals surface area contributed by atoms with Crippen LogP contribution in [0.4, 0.5) is 0 Å². The van der Waals surface area contributed by atoms with Crippen LogP contribution in [0.3, 0.4) is 0 Å². The van der Waals surface area contributed by atoms with Gasteiger partial charge in [0.2, 0.25) is 11.8 Å². The van der Waals surface area contributed by atoms with Crippen molar-refractivity contribution in [3.63, 3.8) is 0 Å². The monoisotopic (exact) mass is 716 g/mol. The van der Waals surface area contributed by atoms with Crippen molar-refractivity contribution in [3.8, 4) is 0 Å². The van der Waals surface area contributed by atoms with Crippen molar-refractivity contribution >= 4 is 11.8 Å². The Balaban J connectivity index is 2.10. The van der Waals surface area contributed by atoms with Crippen LogP contribution >= 0.6 is 0 Å². The van der Waals surface area contributed by atoms with Crippen LogP contribution in [0.1, 0.15) is 80.6 Å². The Bertz CT molecular complexity index is 1080. The van der Waals surface area contributed by atoms with Crippen molar-refractivity contribution in [1.29, 1.82) is 0 Å². The first kappa shape index (κ1) is 42.9. The molecular weight excluding hydrogens is 648 g/mol. The number of methoxy groups -OCH3 is 1. The minimum Gasteiger partial charge on any atom is -0.387 e. The number of aliphatic hydroxyl groups excluding tert-OH is 1. The maximum atomic E-state index is 13.8. The van der Waals surface area contributed by atoms with E-state index in [1.54, 1.807) is 39.6 Å². The molecule has 50 heavy (non-hydrogen) atoms. The van der Waals surface area contributed by atoms with Gasteiger partial charge in [0.15, 0.2) is 12.6 Å². The lowest BCUT2D eigenvalue weighted by Gasteiger charge is -2.49.